The molecule has 1 amide bonds. The second-order valence-corrected chi connectivity index (χ2v) is 9.20. The predicted molar refractivity (Wildman–Crippen MR) is 140 cm³/mol. The molecule has 1 unspecified atom stereocenters. The molecule has 0 bridgehead atoms. The van der Waals surface area contributed by atoms with E-state index in [0.29, 0.717) is 23.4 Å². The first-order valence-electron chi connectivity index (χ1n) is 11.2. The van der Waals surface area contributed by atoms with Crippen molar-refractivity contribution in [1.29, 1.82) is 5.41 Å². The highest BCUT2D eigenvalue weighted by atomic mass is 35.5. The lowest BCUT2D eigenvalue weighted by molar-refractivity contribution is 0.0827. The van der Waals surface area contributed by atoms with Crippen molar-refractivity contribution in [2.24, 2.45) is 5.73 Å². The summed E-state index contributed by atoms with van der Waals surface area (Å²) in [5.41, 5.74) is 6.30. The number of pyridine rings is 1. The molecule has 10 nitrogen and oxygen atoms in total. The molecule has 0 radical (unpaired) electrons. The maximum atomic E-state index is 12.4. The minimum absolute atomic E-state index is 0.00953. The average Bonchev–Trinajstić information content (AvgIpc) is 3.38. The van der Waals surface area contributed by atoms with Crippen molar-refractivity contribution in [3.8, 4) is 34.8 Å². The van der Waals surface area contributed by atoms with Gasteiger partial charge in [-0.25, -0.2) is 0 Å². The molecule has 3 aromatic rings. The Balaban J connectivity index is 1.75. The van der Waals surface area contributed by atoms with E-state index in [2.05, 4.69) is 10.3 Å². The molecule has 1 aliphatic rings. The summed E-state index contributed by atoms with van der Waals surface area (Å²) in [4.78, 5) is 18.2. The van der Waals surface area contributed by atoms with Gasteiger partial charge in [-0.2, -0.15) is 4.98 Å². The Labute approximate surface area is 223 Å². The Bertz CT molecular complexity index is 1350. The number of phenols is 1. The number of nitrogens with two attached hydrogens (primary N) is 1. The van der Waals surface area contributed by atoms with Crippen LogP contribution in [0.2, 0.25) is 10.0 Å². The zero-order chi connectivity index (χ0) is 26.7. The van der Waals surface area contributed by atoms with Gasteiger partial charge in [0.05, 0.1) is 0 Å². The van der Waals surface area contributed by atoms with Crippen LogP contribution in [0, 0.1) is 5.41 Å². The highest BCUT2D eigenvalue weighted by molar-refractivity contribution is 6.38. The lowest BCUT2D eigenvalue weighted by Crippen LogP contribution is -2.21. The van der Waals surface area contributed by atoms with E-state index < -0.39 is 0 Å². The van der Waals surface area contributed by atoms with E-state index in [4.69, 9.17) is 48.6 Å². The molecular weight excluding hydrogens is 521 g/mol. The van der Waals surface area contributed by atoms with Gasteiger partial charge < -0.3 is 35.3 Å². The first-order chi connectivity index (χ1) is 17.6. The maximum absolute atomic E-state index is 12.4. The van der Waals surface area contributed by atoms with Crippen LogP contribution in [0.1, 0.15) is 22.3 Å². The number of aromatic hydroxyl groups is 1. The summed E-state index contributed by atoms with van der Waals surface area (Å²) in [5, 5.41) is 21.1. The van der Waals surface area contributed by atoms with E-state index >= 15 is 0 Å². The number of hydrogen-bond acceptors (Lipinski definition) is 8. The summed E-state index contributed by atoms with van der Waals surface area (Å²) in [6.45, 7) is 1.37. The fraction of sp³-hybridized carbons (Fsp3) is 0.240. The van der Waals surface area contributed by atoms with Gasteiger partial charge in [-0.15, -0.1) is 0 Å². The second-order valence-electron chi connectivity index (χ2n) is 8.44. The van der Waals surface area contributed by atoms with Crippen LogP contribution in [-0.2, 0) is 0 Å². The number of nitrogens with one attached hydrogen (secondary N) is 2. The highest BCUT2D eigenvalue weighted by Crippen LogP contribution is 2.47. The molecule has 1 aliphatic heterocycles. The number of nitrogen functional groups attached to an aromatic ring is 1. The Morgan fingerprint density at radius 1 is 1.14 bits per heavy atom. The average molecular weight is 546 g/mol. The van der Waals surface area contributed by atoms with Crippen LogP contribution in [-0.4, -0.2) is 60.0 Å². The number of hydrogen-bond donors (Lipinski definition) is 4. The number of halogens is 2. The number of nitrogens with zero attached hydrogens (tertiary/aromatic N) is 2. The number of ether oxygens (including phenoxy) is 3. The Morgan fingerprint density at radius 2 is 1.86 bits per heavy atom. The van der Waals surface area contributed by atoms with E-state index in [0.717, 1.165) is 13.0 Å². The molecule has 0 saturated carbocycles. The lowest BCUT2D eigenvalue weighted by Gasteiger charge is -2.19. The number of carbonyl (C=O) groups is 1. The molecule has 1 fully saturated rings. The Kier molecular flexibility index (Phi) is 7.91. The number of aromatic nitrogens is 1. The topological polar surface area (TPSA) is 143 Å². The molecule has 1 aromatic heterocycles. The zero-order valence-corrected chi connectivity index (χ0v) is 21.6. The van der Waals surface area contributed by atoms with Gasteiger partial charge in [0.1, 0.15) is 27.7 Å². The van der Waals surface area contributed by atoms with Crippen molar-refractivity contribution >= 4 is 34.9 Å². The smallest absolute Gasteiger partial charge is 0.253 e. The summed E-state index contributed by atoms with van der Waals surface area (Å²) in [6.07, 6.45) is 0.533. The number of carbonyl (C=O) groups excluding carboxylic acids is 1. The van der Waals surface area contributed by atoms with Gasteiger partial charge in [0.25, 0.3) is 5.91 Å². The third-order valence-corrected chi connectivity index (χ3v) is 6.12. The van der Waals surface area contributed by atoms with E-state index in [9.17, 15) is 9.90 Å². The van der Waals surface area contributed by atoms with Gasteiger partial charge in [0, 0.05) is 31.8 Å². The molecule has 194 valence electrons. The first-order valence-corrected chi connectivity index (χ1v) is 12.0. The summed E-state index contributed by atoms with van der Waals surface area (Å²) < 4.78 is 17.8. The van der Waals surface area contributed by atoms with Crippen LogP contribution in [0.25, 0.3) is 0 Å². The van der Waals surface area contributed by atoms with Gasteiger partial charge >= 0.3 is 0 Å². The van der Waals surface area contributed by atoms with Crippen LogP contribution in [0.3, 0.4) is 0 Å². The van der Waals surface area contributed by atoms with Crippen molar-refractivity contribution in [3.63, 3.8) is 0 Å². The highest BCUT2D eigenvalue weighted by Gasteiger charge is 2.27. The molecule has 12 heteroatoms. The number of rotatable bonds is 8. The summed E-state index contributed by atoms with van der Waals surface area (Å²) in [6, 6.07) is 10.7. The molecule has 1 saturated heterocycles. The zero-order valence-electron chi connectivity index (χ0n) is 20.0. The lowest BCUT2D eigenvalue weighted by atomic mass is 10.2. The van der Waals surface area contributed by atoms with Crippen LogP contribution in [0.4, 0.5) is 0 Å². The molecule has 4 rings (SSSR count). The predicted octanol–water partition coefficient (Wildman–Crippen LogP) is 4.41. The van der Waals surface area contributed by atoms with Crippen molar-refractivity contribution in [3.05, 3.63) is 63.6 Å². The maximum Gasteiger partial charge on any atom is 0.253 e. The molecule has 37 heavy (non-hydrogen) atoms. The van der Waals surface area contributed by atoms with E-state index in [1.165, 1.54) is 23.1 Å². The Morgan fingerprint density at radius 3 is 2.51 bits per heavy atom. The van der Waals surface area contributed by atoms with Crippen molar-refractivity contribution < 1.29 is 24.1 Å². The monoisotopic (exact) mass is 545 g/mol. The van der Waals surface area contributed by atoms with Crippen molar-refractivity contribution in [2.45, 2.75) is 12.5 Å². The fourth-order valence-corrected chi connectivity index (χ4v) is 4.03. The van der Waals surface area contributed by atoms with Gasteiger partial charge in [0.2, 0.25) is 11.8 Å². The molecule has 2 aromatic carbocycles. The minimum Gasteiger partial charge on any atom is -0.504 e. The molecular formula is C25H25Cl2N5O5. The van der Waals surface area contributed by atoms with Crippen LogP contribution < -0.4 is 25.3 Å². The molecule has 2 heterocycles. The Hall–Kier alpha value is -3.73. The summed E-state index contributed by atoms with van der Waals surface area (Å²) in [7, 11) is 3.30. The molecule has 1 atom stereocenters. The molecule has 0 aliphatic carbocycles. The fourth-order valence-electron chi connectivity index (χ4n) is 3.55. The van der Waals surface area contributed by atoms with E-state index in [-0.39, 0.29) is 56.9 Å². The standard InChI is InChI=1S/C25H25Cl2N5O5/c1-32(2)25(34)14-4-3-5-15(10-14)36-23-19(26)21(35-16-8-9-30-12-16)20(27)24(31-23)37-18-11-13(22(28)29)6-7-17(18)33/h3-7,10-11,16,30,33H,8-9,12H2,1-2H3,(H3,28,29). The number of amidine groups is 1. The molecule has 5 N–H and O–H groups in total. The van der Waals surface area contributed by atoms with Crippen LogP contribution >= 0.6 is 23.2 Å². The van der Waals surface area contributed by atoms with Crippen LogP contribution in [0.5, 0.6) is 34.8 Å². The third kappa shape index (κ3) is 5.99. The summed E-state index contributed by atoms with van der Waals surface area (Å²) >= 11 is 13.2. The second kappa shape index (κ2) is 11.1. The minimum atomic E-state index is -0.224. The number of phenolic OH excluding ortho intramolecular Hbond substituents is 1. The van der Waals surface area contributed by atoms with E-state index in [1.54, 1.807) is 38.4 Å². The van der Waals surface area contributed by atoms with Gasteiger partial charge in [-0.05, 0) is 49.4 Å². The van der Waals surface area contributed by atoms with E-state index in [1.807, 2.05) is 0 Å². The SMILES string of the molecule is CN(C)C(=O)c1cccc(Oc2nc(Oc3cc(C(=N)N)ccc3O)c(Cl)c(OC3CCNC3)c2Cl)c1. The third-order valence-electron chi connectivity index (χ3n) is 5.46. The first kappa shape index (κ1) is 26.3. The van der Waals surface area contributed by atoms with Crippen molar-refractivity contribution in [2.75, 3.05) is 27.2 Å². The quantitative estimate of drug-likeness (QED) is 0.241. The number of benzene rings is 2. The summed E-state index contributed by atoms with van der Waals surface area (Å²) in [5.74, 6) is -0.528. The largest absolute Gasteiger partial charge is 0.504 e. The van der Waals surface area contributed by atoms with Crippen molar-refractivity contribution in [1.82, 2.24) is 15.2 Å². The van der Waals surface area contributed by atoms with Gasteiger partial charge in [0.15, 0.2) is 17.2 Å². The normalized spacial score (nSPS) is 14.8. The number of amides is 1. The van der Waals surface area contributed by atoms with Crippen LogP contribution in [0.15, 0.2) is 42.5 Å². The van der Waals surface area contributed by atoms with Gasteiger partial charge in [-0.3, -0.25) is 10.2 Å². The molecule has 0 spiro atoms. The van der Waals surface area contributed by atoms with Gasteiger partial charge in [-0.1, -0.05) is 29.3 Å².